The molecule has 2 N–H and O–H groups in total. The fraction of sp³-hybridized carbons (Fsp3) is 0.229. The molecular formula is C35H34N4S. The average molecular weight is 543 g/mol. The molecule has 40 heavy (non-hydrogen) atoms. The van der Waals surface area contributed by atoms with Gasteiger partial charge in [0.25, 0.3) is 0 Å². The fourth-order valence-corrected chi connectivity index (χ4v) is 7.54. The molecule has 0 radical (unpaired) electrons. The third kappa shape index (κ3) is 4.53. The lowest BCUT2D eigenvalue weighted by Crippen LogP contribution is -2.36. The standard InChI is InChI=1S/C19H19NS.C16H15N3/c1-20-12-10-14(11-13-20)19-15-6-2-4-8-17(15)21-18-9-5-3-7-16(18)19;17-16-18-10-15-13-7-3-1-5-11(13)9-12-6-2-4-8-14(12)19(15)16/h2-9H,10-13H2,1H3;1-8,15H,9-10H2,(H2,17,18). The minimum atomic E-state index is 0.250. The van der Waals surface area contributed by atoms with Crippen LogP contribution in [0.1, 0.15) is 46.7 Å². The smallest absolute Gasteiger partial charge is 0.196 e. The van der Waals surface area contributed by atoms with E-state index in [0.717, 1.165) is 13.0 Å². The lowest BCUT2D eigenvalue weighted by molar-refractivity contribution is 0.313. The molecule has 1 unspecified atom stereocenters. The molecule has 0 bridgehead atoms. The van der Waals surface area contributed by atoms with Crippen molar-refractivity contribution in [3.05, 3.63) is 130 Å². The summed E-state index contributed by atoms with van der Waals surface area (Å²) in [6, 6.07) is 35.1. The van der Waals surface area contributed by atoms with Gasteiger partial charge >= 0.3 is 0 Å². The molecule has 4 nitrogen and oxygen atoms in total. The number of piperidine rings is 1. The van der Waals surface area contributed by atoms with Crippen LogP contribution in [0.25, 0.3) is 5.57 Å². The topological polar surface area (TPSA) is 44.9 Å². The van der Waals surface area contributed by atoms with Crippen molar-refractivity contribution in [3.63, 3.8) is 0 Å². The van der Waals surface area contributed by atoms with Crippen molar-refractivity contribution in [2.75, 3.05) is 31.6 Å². The normalized spacial score (nSPS) is 19.2. The Morgan fingerprint density at radius 2 is 1.35 bits per heavy atom. The Hall–Kier alpha value is -3.80. The number of fused-ring (bicyclic) bond motifs is 7. The predicted molar refractivity (Wildman–Crippen MR) is 167 cm³/mol. The summed E-state index contributed by atoms with van der Waals surface area (Å²) in [4.78, 5) is 11.9. The van der Waals surface area contributed by atoms with E-state index in [2.05, 4.69) is 119 Å². The van der Waals surface area contributed by atoms with E-state index < -0.39 is 0 Å². The average Bonchev–Trinajstić information content (AvgIpc) is 3.31. The summed E-state index contributed by atoms with van der Waals surface area (Å²) in [5, 5.41) is 0. The molecule has 0 aliphatic carbocycles. The first-order valence-corrected chi connectivity index (χ1v) is 15.0. The van der Waals surface area contributed by atoms with Gasteiger partial charge in [0.05, 0.1) is 12.6 Å². The Kier molecular flexibility index (Phi) is 6.70. The molecule has 0 aromatic heterocycles. The van der Waals surface area contributed by atoms with Crippen molar-refractivity contribution >= 4 is 29.0 Å². The quantitative estimate of drug-likeness (QED) is 0.226. The Bertz CT molecular complexity index is 1580. The van der Waals surface area contributed by atoms with Crippen molar-refractivity contribution in [2.45, 2.75) is 35.1 Å². The van der Waals surface area contributed by atoms with E-state index in [1.165, 1.54) is 74.8 Å². The summed E-state index contributed by atoms with van der Waals surface area (Å²) < 4.78 is 0. The third-order valence-corrected chi connectivity index (χ3v) is 9.66. The molecule has 1 saturated heterocycles. The van der Waals surface area contributed by atoms with E-state index in [0.29, 0.717) is 5.96 Å². The van der Waals surface area contributed by atoms with Gasteiger partial charge < -0.3 is 15.5 Å². The molecule has 4 aromatic carbocycles. The van der Waals surface area contributed by atoms with Gasteiger partial charge in [0.2, 0.25) is 0 Å². The van der Waals surface area contributed by atoms with Gasteiger partial charge in [0.1, 0.15) is 0 Å². The first-order valence-electron chi connectivity index (χ1n) is 14.2. The van der Waals surface area contributed by atoms with Crippen LogP contribution in [-0.2, 0) is 6.42 Å². The zero-order chi connectivity index (χ0) is 27.1. The fourth-order valence-electron chi connectivity index (χ4n) is 6.45. The van der Waals surface area contributed by atoms with E-state index >= 15 is 0 Å². The van der Waals surface area contributed by atoms with Crippen LogP contribution in [0.2, 0.25) is 0 Å². The van der Waals surface area contributed by atoms with Gasteiger partial charge in [-0.2, -0.15) is 0 Å². The number of aliphatic imine (C=N–C) groups is 1. The van der Waals surface area contributed by atoms with Crippen molar-refractivity contribution in [1.29, 1.82) is 0 Å². The maximum Gasteiger partial charge on any atom is 0.196 e. The molecule has 0 amide bonds. The molecule has 200 valence electrons. The molecule has 5 heteroatoms. The maximum absolute atomic E-state index is 6.11. The molecule has 4 aliphatic rings. The number of guanidine groups is 1. The molecule has 4 aliphatic heterocycles. The number of hydrogen-bond donors (Lipinski definition) is 1. The summed E-state index contributed by atoms with van der Waals surface area (Å²) in [7, 11) is 2.22. The highest BCUT2D eigenvalue weighted by atomic mass is 32.2. The number of rotatable bonds is 0. The van der Waals surface area contributed by atoms with Crippen LogP contribution in [0, 0.1) is 0 Å². The number of likely N-dealkylation sites (tertiary alicyclic amines) is 1. The summed E-state index contributed by atoms with van der Waals surface area (Å²) in [6.07, 6.45) is 3.35. The number of nitrogens with two attached hydrogens (primary N) is 1. The van der Waals surface area contributed by atoms with Crippen LogP contribution in [0.5, 0.6) is 0 Å². The van der Waals surface area contributed by atoms with E-state index in [1.807, 2.05) is 11.8 Å². The predicted octanol–water partition coefficient (Wildman–Crippen LogP) is 7.15. The van der Waals surface area contributed by atoms with Crippen LogP contribution in [0.3, 0.4) is 0 Å². The van der Waals surface area contributed by atoms with Crippen LogP contribution in [0.15, 0.2) is 117 Å². The molecule has 0 saturated carbocycles. The molecule has 1 atom stereocenters. The minimum Gasteiger partial charge on any atom is -0.369 e. The summed E-state index contributed by atoms with van der Waals surface area (Å²) >= 11 is 1.91. The lowest BCUT2D eigenvalue weighted by Gasteiger charge is -2.30. The zero-order valence-corrected chi connectivity index (χ0v) is 23.7. The van der Waals surface area contributed by atoms with Gasteiger partial charge in [0.15, 0.2) is 5.96 Å². The van der Waals surface area contributed by atoms with Crippen molar-refractivity contribution in [3.8, 4) is 0 Å². The van der Waals surface area contributed by atoms with E-state index in [1.54, 1.807) is 5.57 Å². The molecule has 4 aromatic rings. The van der Waals surface area contributed by atoms with Crippen LogP contribution >= 0.6 is 11.8 Å². The largest absolute Gasteiger partial charge is 0.369 e. The van der Waals surface area contributed by atoms with E-state index in [-0.39, 0.29) is 6.04 Å². The molecular weight excluding hydrogens is 508 g/mol. The number of nitrogens with zero attached hydrogens (tertiary/aromatic N) is 3. The molecule has 1 fully saturated rings. The summed E-state index contributed by atoms with van der Waals surface area (Å²) in [5.74, 6) is 0.633. The van der Waals surface area contributed by atoms with Crippen molar-refractivity contribution in [2.24, 2.45) is 10.7 Å². The van der Waals surface area contributed by atoms with Gasteiger partial charge in [0, 0.05) is 28.6 Å². The van der Waals surface area contributed by atoms with Gasteiger partial charge in [-0.3, -0.25) is 4.99 Å². The lowest BCUT2D eigenvalue weighted by atomic mass is 9.88. The zero-order valence-electron chi connectivity index (χ0n) is 22.9. The Balaban J connectivity index is 0.000000133. The van der Waals surface area contributed by atoms with Gasteiger partial charge in [-0.1, -0.05) is 96.2 Å². The second-order valence-corrected chi connectivity index (χ2v) is 12.0. The van der Waals surface area contributed by atoms with E-state index in [9.17, 15) is 0 Å². The Morgan fingerprint density at radius 3 is 2.08 bits per heavy atom. The SMILES string of the molecule is CN1CCC(=C2c3ccccc3Sc3ccccc32)CC1.NC1=NCC2c3ccccc3Cc3ccccc3N12. The summed E-state index contributed by atoms with van der Waals surface area (Å²) in [5.41, 5.74) is 17.4. The van der Waals surface area contributed by atoms with Gasteiger partial charge in [-0.25, -0.2) is 0 Å². The second-order valence-electron chi connectivity index (χ2n) is 11.0. The first kappa shape index (κ1) is 25.2. The minimum absolute atomic E-state index is 0.250. The van der Waals surface area contributed by atoms with Gasteiger partial charge in [-0.05, 0) is 77.9 Å². The number of hydrogen-bond acceptors (Lipinski definition) is 5. The molecule has 0 spiro atoms. The van der Waals surface area contributed by atoms with Crippen molar-refractivity contribution in [1.82, 2.24) is 4.90 Å². The third-order valence-electron chi connectivity index (χ3n) is 8.51. The number of benzene rings is 4. The van der Waals surface area contributed by atoms with Crippen LogP contribution < -0.4 is 10.6 Å². The Labute approximate surface area is 241 Å². The van der Waals surface area contributed by atoms with Gasteiger partial charge in [-0.15, -0.1) is 0 Å². The van der Waals surface area contributed by atoms with Crippen molar-refractivity contribution < 1.29 is 0 Å². The monoisotopic (exact) mass is 542 g/mol. The first-order chi connectivity index (χ1) is 19.7. The maximum atomic E-state index is 6.11. The highest BCUT2D eigenvalue weighted by molar-refractivity contribution is 7.99. The van der Waals surface area contributed by atoms with Crippen LogP contribution in [0.4, 0.5) is 5.69 Å². The number of anilines is 1. The molecule has 8 rings (SSSR count). The molecule has 4 heterocycles. The summed E-state index contributed by atoms with van der Waals surface area (Å²) in [6.45, 7) is 3.10. The van der Waals surface area contributed by atoms with E-state index in [4.69, 9.17) is 5.73 Å². The highest BCUT2D eigenvalue weighted by Gasteiger charge is 2.33. The Morgan fingerprint density at radius 1 is 0.750 bits per heavy atom. The highest BCUT2D eigenvalue weighted by Crippen LogP contribution is 2.47. The van der Waals surface area contributed by atoms with Crippen LogP contribution in [-0.4, -0.2) is 37.5 Å². The number of para-hydroxylation sites is 1. The second kappa shape index (κ2) is 10.6.